The summed E-state index contributed by atoms with van der Waals surface area (Å²) in [5.41, 5.74) is 2.36. The van der Waals surface area contributed by atoms with Crippen molar-refractivity contribution in [2.75, 3.05) is 7.05 Å². The van der Waals surface area contributed by atoms with E-state index in [1.807, 2.05) is 12.1 Å². The van der Waals surface area contributed by atoms with Gasteiger partial charge in [-0.2, -0.15) is 0 Å². The summed E-state index contributed by atoms with van der Waals surface area (Å²) in [6, 6.07) is 8.18. The summed E-state index contributed by atoms with van der Waals surface area (Å²) < 4.78 is 0. The molecule has 1 aromatic rings. The number of benzene rings is 1. The minimum Gasteiger partial charge on any atom is -0.277 e. The molecule has 0 N–H and O–H groups in total. The molecular weight excluding hydrogens is 148 g/mol. The van der Waals surface area contributed by atoms with E-state index in [-0.39, 0.29) is 0 Å². The monoisotopic (exact) mass is 160 g/mol. The van der Waals surface area contributed by atoms with Crippen LogP contribution in [0.1, 0.15) is 11.1 Å². The number of nitrogens with zero attached hydrogens (tertiary/aromatic N) is 2. The lowest BCUT2D eigenvalue weighted by Crippen LogP contribution is -1.80. The van der Waals surface area contributed by atoms with Crippen LogP contribution >= 0.6 is 0 Å². The molecule has 0 aromatic heterocycles. The molecule has 1 rings (SSSR count). The van der Waals surface area contributed by atoms with Crippen molar-refractivity contribution in [3.05, 3.63) is 35.4 Å². The van der Waals surface area contributed by atoms with E-state index in [1.54, 1.807) is 13.3 Å². The van der Waals surface area contributed by atoms with E-state index in [0.717, 1.165) is 5.56 Å². The van der Waals surface area contributed by atoms with Crippen molar-refractivity contribution in [1.82, 2.24) is 0 Å². The summed E-state index contributed by atoms with van der Waals surface area (Å²) in [6.07, 6.45) is 3.31. The highest BCUT2D eigenvalue weighted by Gasteiger charge is 1.84. The zero-order chi connectivity index (χ0) is 8.81. The summed E-state index contributed by atoms with van der Waals surface area (Å²) in [4.78, 5) is 7.72. The fourth-order valence-corrected chi connectivity index (χ4v) is 0.839. The van der Waals surface area contributed by atoms with Crippen LogP contribution in [0.15, 0.2) is 34.3 Å². The zero-order valence-corrected chi connectivity index (χ0v) is 7.36. The van der Waals surface area contributed by atoms with Gasteiger partial charge in [-0.3, -0.25) is 4.99 Å². The van der Waals surface area contributed by atoms with Gasteiger partial charge in [0.25, 0.3) is 0 Å². The molecule has 0 amide bonds. The van der Waals surface area contributed by atoms with Gasteiger partial charge in [0, 0.05) is 13.3 Å². The standard InChI is InChI=1S/C10H12N2/c1-9-3-5-10(6-4-9)7-12-8-11-2/h3-8H,1-2H3. The highest BCUT2D eigenvalue weighted by molar-refractivity contribution is 5.85. The van der Waals surface area contributed by atoms with E-state index in [2.05, 4.69) is 29.0 Å². The lowest BCUT2D eigenvalue weighted by atomic mass is 10.2. The first-order chi connectivity index (χ1) is 5.83. The molecule has 0 heterocycles. The molecule has 2 heteroatoms. The van der Waals surface area contributed by atoms with Gasteiger partial charge in [-0.15, -0.1) is 0 Å². The van der Waals surface area contributed by atoms with Gasteiger partial charge < -0.3 is 0 Å². The lowest BCUT2D eigenvalue weighted by Gasteiger charge is -1.92. The summed E-state index contributed by atoms with van der Waals surface area (Å²) in [5, 5.41) is 0. The summed E-state index contributed by atoms with van der Waals surface area (Å²) in [7, 11) is 1.70. The van der Waals surface area contributed by atoms with Crippen molar-refractivity contribution in [2.45, 2.75) is 6.92 Å². The molecule has 0 aliphatic heterocycles. The molecule has 2 nitrogen and oxygen atoms in total. The van der Waals surface area contributed by atoms with Gasteiger partial charge in [-0.1, -0.05) is 29.8 Å². The molecule has 1 aromatic carbocycles. The van der Waals surface area contributed by atoms with Gasteiger partial charge in [-0.25, -0.2) is 4.99 Å². The second kappa shape index (κ2) is 4.44. The Kier molecular flexibility index (Phi) is 3.20. The molecule has 12 heavy (non-hydrogen) atoms. The summed E-state index contributed by atoms with van der Waals surface area (Å²) in [5.74, 6) is 0. The number of hydrogen-bond donors (Lipinski definition) is 0. The van der Waals surface area contributed by atoms with Crippen LogP contribution in [0.5, 0.6) is 0 Å². The first-order valence-corrected chi connectivity index (χ1v) is 3.83. The fraction of sp³-hybridized carbons (Fsp3) is 0.200. The third-order valence-corrected chi connectivity index (χ3v) is 1.48. The Morgan fingerprint density at radius 1 is 1.17 bits per heavy atom. The molecule has 0 atom stereocenters. The number of hydrogen-bond acceptors (Lipinski definition) is 1. The van der Waals surface area contributed by atoms with Crippen LogP contribution in [0.3, 0.4) is 0 Å². The Bertz CT molecular complexity index is 283. The second-order valence-corrected chi connectivity index (χ2v) is 2.56. The molecule has 0 aliphatic rings. The molecule has 0 fully saturated rings. The third-order valence-electron chi connectivity index (χ3n) is 1.48. The van der Waals surface area contributed by atoms with Gasteiger partial charge in [0.1, 0.15) is 6.34 Å². The predicted octanol–water partition coefficient (Wildman–Crippen LogP) is 2.07. The van der Waals surface area contributed by atoms with Crippen molar-refractivity contribution in [2.24, 2.45) is 9.98 Å². The van der Waals surface area contributed by atoms with Crippen LogP contribution in [0.25, 0.3) is 0 Å². The number of rotatable bonds is 2. The first kappa shape index (κ1) is 8.65. The van der Waals surface area contributed by atoms with Crippen molar-refractivity contribution in [1.29, 1.82) is 0 Å². The normalized spacial score (nSPS) is 11.5. The maximum atomic E-state index is 3.97. The lowest BCUT2D eigenvalue weighted by molar-refractivity contribution is 1.44. The molecule has 0 saturated carbocycles. The first-order valence-electron chi connectivity index (χ1n) is 3.83. The van der Waals surface area contributed by atoms with Crippen molar-refractivity contribution >= 4 is 12.6 Å². The predicted molar refractivity (Wildman–Crippen MR) is 53.2 cm³/mol. The number of aliphatic imine (C=N–C) groups is 2. The van der Waals surface area contributed by atoms with E-state index in [1.165, 1.54) is 11.9 Å². The maximum absolute atomic E-state index is 3.97. The van der Waals surface area contributed by atoms with E-state index < -0.39 is 0 Å². The Labute approximate surface area is 72.7 Å². The van der Waals surface area contributed by atoms with Crippen LogP contribution in [-0.4, -0.2) is 19.6 Å². The zero-order valence-electron chi connectivity index (χ0n) is 7.36. The smallest absolute Gasteiger partial charge is 0.109 e. The van der Waals surface area contributed by atoms with Gasteiger partial charge in [-0.05, 0) is 12.5 Å². The van der Waals surface area contributed by atoms with Crippen LogP contribution in [0.4, 0.5) is 0 Å². The van der Waals surface area contributed by atoms with Gasteiger partial charge >= 0.3 is 0 Å². The van der Waals surface area contributed by atoms with Crippen LogP contribution in [0, 0.1) is 6.92 Å². The second-order valence-electron chi connectivity index (χ2n) is 2.56. The topological polar surface area (TPSA) is 24.7 Å². The minimum atomic E-state index is 1.10. The molecule has 0 unspecified atom stereocenters. The average molecular weight is 160 g/mol. The van der Waals surface area contributed by atoms with E-state index in [0.29, 0.717) is 0 Å². The summed E-state index contributed by atoms with van der Waals surface area (Å²) in [6.45, 7) is 2.06. The van der Waals surface area contributed by atoms with Crippen LogP contribution < -0.4 is 0 Å². The molecule has 0 saturated heterocycles. The Hall–Kier alpha value is -1.44. The molecule has 0 bridgehead atoms. The SMILES string of the molecule is CN=CN=Cc1ccc(C)cc1. The van der Waals surface area contributed by atoms with Crippen molar-refractivity contribution in [3.63, 3.8) is 0 Å². The Balaban J connectivity index is 2.70. The van der Waals surface area contributed by atoms with Crippen molar-refractivity contribution < 1.29 is 0 Å². The summed E-state index contributed by atoms with van der Waals surface area (Å²) >= 11 is 0. The highest BCUT2D eigenvalue weighted by Crippen LogP contribution is 1.99. The average Bonchev–Trinajstić information content (AvgIpc) is 2.09. The quantitative estimate of drug-likeness (QED) is 0.467. The van der Waals surface area contributed by atoms with Gasteiger partial charge in [0.2, 0.25) is 0 Å². The largest absolute Gasteiger partial charge is 0.277 e. The fourth-order valence-electron chi connectivity index (χ4n) is 0.839. The third kappa shape index (κ3) is 2.66. The van der Waals surface area contributed by atoms with E-state index in [4.69, 9.17) is 0 Å². The molecule has 0 radical (unpaired) electrons. The van der Waals surface area contributed by atoms with E-state index >= 15 is 0 Å². The molecule has 0 aliphatic carbocycles. The van der Waals surface area contributed by atoms with E-state index in [9.17, 15) is 0 Å². The van der Waals surface area contributed by atoms with Gasteiger partial charge in [0.15, 0.2) is 0 Å². The molecule has 62 valence electrons. The molecular formula is C10H12N2. The Morgan fingerprint density at radius 3 is 2.42 bits per heavy atom. The van der Waals surface area contributed by atoms with Crippen molar-refractivity contribution in [3.8, 4) is 0 Å². The van der Waals surface area contributed by atoms with Crippen LogP contribution in [-0.2, 0) is 0 Å². The molecule has 0 spiro atoms. The minimum absolute atomic E-state index is 1.10. The van der Waals surface area contributed by atoms with Crippen LogP contribution in [0.2, 0.25) is 0 Å². The highest BCUT2D eigenvalue weighted by atomic mass is 14.8. The number of aryl methyl sites for hydroxylation is 1. The van der Waals surface area contributed by atoms with Gasteiger partial charge in [0.05, 0.1) is 0 Å². The maximum Gasteiger partial charge on any atom is 0.109 e. The Morgan fingerprint density at radius 2 is 1.83 bits per heavy atom.